The lowest BCUT2D eigenvalue weighted by molar-refractivity contribution is -0.168. The molecule has 2 unspecified atom stereocenters. The van der Waals surface area contributed by atoms with E-state index in [9.17, 15) is 14.4 Å². The Balaban J connectivity index is 2.38. The van der Waals surface area contributed by atoms with Crippen LogP contribution in [0.4, 0.5) is 5.95 Å². The van der Waals surface area contributed by atoms with Gasteiger partial charge in [-0.1, -0.05) is 0 Å². The van der Waals surface area contributed by atoms with Crippen LogP contribution in [0.2, 0.25) is 0 Å². The highest BCUT2D eigenvalue weighted by Crippen LogP contribution is 2.26. The Kier molecular flexibility index (Phi) is 3.00. The topological polar surface area (TPSA) is 99.5 Å². The minimum atomic E-state index is -1.05. The van der Waals surface area contributed by atoms with E-state index in [0.29, 0.717) is 0 Å². The summed E-state index contributed by atoms with van der Waals surface area (Å²) in [6.45, 7) is 2.41. The maximum Gasteiger partial charge on any atom is 0.304 e. The zero-order chi connectivity index (χ0) is 13.3. The van der Waals surface area contributed by atoms with Crippen molar-refractivity contribution < 1.29 is 19.1 Å². The van der Waals surface area contributed by atoms with E-state index in [1.807, 2.05) is 0 Å². The van der Waals surface area contributed by atoms with E-state index in [0.717, 1.165) is 4.57 Å². The highest BCUT2D eigenvalue weighted by Gasteiger charge is 2.38. The van der Waals surface area contributed by atoms with Crippen molar-refractivity contribution in [3.63, 3.8) is 0 Å². The monoisotopic (exact) mass is 253 g/mol. The molecular formula is C10H11N3O5. The van der Waals surface area contributed by atoms with Crippen molar-refractivity contribution in [2.45, 2.75) is 26.3 Å². The Bertz CT molecular complexity index is 553. The molecule has 0 fully saturated rings. The number of anilines is 1. The van der Waals surface area contributed by atoms with Crippen molar-refractivity contribution in [3.8, 4) is 0 Å². The molecule has 0 saturated carbocycles. The number of carbonyl (C=O) groups is 2. The molecule has 8 heteroatoms. The van der Waals surface area contributed by atoms with Gasteiger partial charge >= 0.3 is 11.9 Å². The molecule has 0 bridgehead atoms. The highest BCUT2D eigenvalue weighted by atomic mass is 16.6. The van der Waals surface area contributed by atoms with Crippen molar-refractivity contribution >= 4 is 17.9 Å². The van der Waals surface area contributed by atoms with Crippen LogP contribution in [0.1, 0.15) is 20.1 Å². The van der Waals surface area contributed by atoms with Gasteiger partial charge in [-0.2, -0.15) is 0 Å². The van der Waals surface area contributed by atoms with Gasteiger partial charge in [0.2, 0.25) is 18.4 Å². The number of rotatable bonds is 2. The minimum absolute atomic E-state index is 0.181. The number of esters is 2. The fourth-order valence-corrected chi connectivity index (χ4v) is 1.66. The van der Waals surface area contributed by atoms with Gasteiger partial charge in [0, 0.05) is 26.1 Å². The van der Waals surface area contributed by atoms with Gasteiger partial charge < -0.3 is 14.8 Å². The Hall–Kier alpha value is -2.38. The van der Waals surface area contributed by atoms with E-state index in [4.69, 9.17) is 9.47 Å². The van der Waals surface area contributed by atoms with Crippen LogP contribution in [0.25, 0.3) is 0 Å². The number of hydrogen-bond donors (Lipinski definition) is 1. The van der Waals surface area contributed by atoms with Gasteiger partial charge in [-0.05, 0) is 0 Å². The number of nitrogens with one attached hydrogen (secondary N) is 1. The Morgan fingerprint density at radius 2 is 2.00 bits per heavy atom. The molecule has 8 nitrogen and oxygen atoms in total. The fraction of sp³-hybridized carbons (Fsp3) is 0.400. The van der Waals surface area contributed by atoms with Gasteiger partial charge in [0.15, 0.2) is 0 Å². The van der Waals surface area contributed by atoms with E-state index in [1.54, 1.807) is 0 Å². The Labute approximate surface area is 102 Å². The summed E-state index contributed by atoms with van der Waals surface area (Å²) in [5, 5.41) is 2.69. The van der Waals surface area contributed by atoms with E-state index >= 15 is 0 Å². The lowest BCUT2D eigenvalue weighted by Crippen LogP contribution is -2.33. The molecule has 0 spiro atoms. The molecule has 1 aliphatic rings. The molecule has 0 saturated heterocycles. The largest absolute Gasteiger partial charge is 0.436 e. The molecule has 0 amide bonds. The van der Waals surface area contributed by atoms with Crippen LogP contribution < -0.4 is 10.9 Å². The van der Waals surface area contributed by atoms with Crippen molar-refractivity contribution in [2.75, 3.05) is 5.32 Å². The average molecular weight is 253 g/mol. The summed E-state index contributed by atoms with van der Waals surface area (Å²) < 4.78 is 11.0. The molecule has 1 aromatic rings. The van der Waals surface area contributed by atoms with Crippen LogP contribution in [0.15, 0.2) is 17.1 Å². The molecule has 2 heterocycles. The lowest BCUT2D eigenvalue weighted by atomic mass is 10.5. The number of nitrogens with zero attached hydrogens (tertiary/aromatic N) is 2. The number of carbonyl (C=O) groups excluding carboxylic acids is 2. The summed E-state index contributed by atoms with van der Waals surface area (Å²) in [6.07, 6.45) is -0.709. The molecule has 0 aliphatic carbocycles. The van der Waals surface area contributed by atoms with Gasteiger partial charge in [-0.3, -0.25) is 14.4 Å². The fourth-order valence-electron chi connectivity index (χ4n) is 1.66. The molecule has 18 heavy (non-hydrogen) atoms. The van der Waals surface area contributed by atoms with Crippen LogP contribution >= 0.6 is 0 Å². The second-order valence-electron chi connectivity index (χ2n) is 3.65. The molecule has 1 N–H and O–H groups in total. The summed E-state index contributed by atoms with van der Waals surface area (Å²) in [5.74, 6) is -0.979. The van der Waals surface area contributed by atoms with Crippen LogP contribution in [0.5, 0.6) is 0 Å². The summed E-state index contributed by atoms with van der Waals surface area (Å²) in [6, 6.07) is 1.22. The summed E-state index contributed by atoms with van der Waals surface area (Å²) in [5.41, 5.74) is -0.409. The first-order valence-electron chi connectivity index (χ1n) is 5.17. The Morgan fingerprint density at radius 3 is 2.61 bits per heavy atom. The smallest absolute Gasteiger partial charge is 0.304 e. The van der Waals surface area contributed by atoms with Gasteiger partial charge in [0.1, 0.15) is 0 Å². The van der Waals surface area contributed by atoms with Crippen LogP contribution in [-0.4, -0.2) is 27.7 Å². The Morgan fingerprint density at radius 1 is 1.33 bits per heavy atom. The van der Waals surface area contributed by atoms with Crippen LogP contribution in [0.3, 0.4) is 0 Å². The quantitative estimate of drug-likeness (QED) is 0.717. The maximum absolute atomic E-state index is 11.7. The van der Waals surface area contributed by atoms with Crippen LogP contribution in [-0.2, 0) is 19.1 Å². The lowest BCUT2D eigenvalue weighted by Gasteiger charge is -2.19. The summed E-state index contributed by atoms with van der Waals surface area (Å²) in [7, 11) is 0. The minimum Gasteiger partial charge on any atom is -0.436 e. The van der Waals surface area contributed by atoms with Crippen molar-refractivity contribution in [1.29, 1.82) is 0 Å². The van der Waals surface area contributed by atoms with Gasteiger partial charge in [0.05, 0.1) is 0 Å². The normalized spacial score (nSPS) is 20.8. The average Bonchev–Trinajstić information content (AvgIpc) is 2.56. The highest BCUT2D eigenvalue weighted by molar-refractivity contribution is 5.67. The standard InChI is InChI=1S/C10H11N3O5/c1-5(14)17-8-9(18-6(2)15)13-7(16)3-4-11-10(13)12-8/h3-4,8-9H,1-2H3,(H,11,12). The molecule has 1 aromatic heterocycles. The third kappa shape index (κ3) is 2.17. The SMILES string of the molecule is CC(=O)OC1Nc2nccc(=O)n2C1OC(C)=O. The number of ether oxygens (including phenoxy) is 2. The number of aromatic nitrogens is 2. The van der Waals surface area contributed by atoms with Crippen molar-refractivity contribution in [3.05, 3.63) is 22.6 Å². The number of hydrogen-bond acceptors (Lipinski definition) is 7. The summed E-state index contributed by atoms with van der Waals surface area (Å²) in [4.78, 5) is 37.6. The second kappa shape index (κ2) is 4.47. The molecule has 1 aliphatic heterocycles. The third-order valence-electron chi connectivity index (χ3n) is 2.24. The van der Waals surface area contributed by atoms with Gasteiger partial charge in [0.25, 0.3) is 5.56 Å². The summed E-state index contributed by atoms with van der Waals surface area (Å²) >= 11 is 0. The van der Waals surface area contributed by atoms with E-state index in [-0.39, 0.29) is 5.95 Å². The first-order chi connectivity index (χ1) is 8.49. The van der Waals surface area contributed by atoms with Gasteiger partial charge in [-0.15, -0.1) is 0 Å². The first-order valence-corrected chi connectivity index (χ1v) is 5.17. The second-order valence-corrected chi connectivity index (χ2v) is 3.65. The first kappa shape index (κ1) is 12.1. The molecule has 2 rings (SSSR count). The third-order valence-corrected chi connectivity index (χ3v) is 2.24. The van der Waals surface area contributed by atoms with Crippen molar-refractivity contribution in [2.24, 2.45) is 0 Å². The zero-order valence-corrected chi connectivity index (χ0v) is 9.75. The molecule has 2 atom stereocenters. The number of fused-ring (bicyclic) bond motifs is 1. The maximum atomic E-state index is 11.7. The van der Waals surface area contributed by atoms with Gasteiger partial charge in [-0.25, -0.2) is 9.55 Å². The molecule has 96 valence electrons. The van der Waals surface area contributed by atoms with Crippen LogP contribution in [0, 0.1) is 0 Å². The van der Waals surface area contributed by atoms with E-state index in [2.05, 4.69) is 10.3 Å². The predicted octanol–water partition coefficient (Wildman–Crippen LogP) is -0.380. The molecule has 0 aromatic carbocycles. The molecular weight excluding hydrogens is 242 g/mol. The van der Waals surface area contributed by atoms with E-state index in [1.165, 1.54) is 26.1 Å². The predicted molar refractivity (Wildman–Crippen MR) is 58.5 cm³/mol. The van der Waals surface area contributed by atoms with E-state index < -0.39 is 30.0 Å². The van der Waals surface area contributed by atoms with Crippen molar-refractivity contribution in [1.82, 2.24) is 9.55 Å². The zero-order valence-electron chi connectivity index (χ0n) is 9.75. The molecule has 0 radical (unpaired) electrons.